The minimum absolute atomic E-state index is 0.319. The number of nitrogens with zero attached hydrogens (tertiary/aromatic N) is 2. The van der Waals surface area contributed by atoms with Gasteiger partial charge in [-0.2, -0.15) is 13.2 Å². The lowest BCUT2D eigenvalue weighted by Crippen LogP contribution is -2.52. The number of para-hydroxylation sites is 1. The Bertz CT molecular complexity index is 815. The van der Waals surface area contributed by atoms with Crippen molar-refractivity contribution in [3.8, 4) is 0 Å². The van der Waals surface area contributed by atoms with Crippen LogP contribution in [-0.4, -0.2) is 29.0 Å². The molecule has 0 spiro atoms. The van der Waals surface area contributed by atoms with Crippen molar-refractivity contribution in [1.29, 1.82) is 0 Å². The van der Waals surface area contributed by atoms with Crippen molar-refractivity contribution in [3.05, 3.63) is 53.9 Å². The standard InChI is InChI=1S/C18H18F3N3O2/c1-23-10-13(14(11-23)18(19,20)21)16(25)22-15-8-5-9-24(17(15)26)12-6-3-2-4-7-12/h2-4,6-7,10-11,15H,5,8-9H2,1H3,(H,22,25). The average Bonchev–Trinajstić information content (AvgIpc) is 3.00. The van der Waals surface area contributed by atoms with Crippen molar-refractivity contribution >= 4 is 17.5 Å². The molecule has 1 atom stereocenters. The van der Waals surface area contributed by atoms with E-state index in [0.29, 0.717) is 25.1 Å². The molecule has 1 aromatic carbocycles. The number of amides is 2. The summed E-state index contributed by atoms with van der Waals surface area (Å²) in [5.41, 5.74) is -0.794. The van der Waals surface area contributed by atoms with Crippen LogP contribution in [0.1, 0.15) is 28.8 Å². The lowest BCUT2D eigenvalue weighted by atomic mass is 10.0. The average molecular weight is 365 g/mol. The zero-order valence-electron chi connectivity index (χ0n) is 14.1. The minimum atomic E-state index is -4.64. The van der Waals surface area contributed by atoms with Gasteiger partial charge in [0.25, 0.3) is 5.91 Å². The van der Waals surface area contributed by atoms with Gasteiger partial charge in [0.2, 0.25) is 5.91 Å². The Morgan fingerprint density at radius 3 is 2.54 bits per heavy atom. The fourth-order valence-electron chi connectivity index (χ4n) is 3.10. The predicted octanol–water partition coefficient (Wildman–Crippen LogP) is 2.97. The van der Waals surface area contributed by atoms with Crippen molar-refractivity contribution in [2.45, 2.75) is 25.1 Å². The van der Waals surface area contributed by atoms with Gasteiger partial charge in [0.1, 0.15) is 6.04 Å². The highest BCUT2D eigenvalue weighted by molar-refractivity contribution is 6.03. The van der Waals surface area contributed by atoms with E-state index in [-0.39, 0.29) is 5.91 Å². The lowest BCUT2D eigenvalue weighted by molar-refractivity contribution is -0.137. The van der Waals surface area contributed by atoms with Crippen molar-refractivity contribution < 1.29 is 22.8 Å². The summed E-state index contributed by atoms with van der Waals surface area (Å²) in [4.78, 5) is 26.6. The van der Waals surface area contributed by atoms with E-state index in [1.807, 2.05) is 6.07 Å². The summed E-state index contributed by atoms with van der Waals surface area (Å²) in [5, 5.41) is 2.47. The van der Waals surface area contributed by atoms with Crippen LogP contribution in [0.2, 0.25) is 0 Å². The third kappa shape index (κ3) is 3.58. The number of alkyl halides is 3. The molecule has 8 heteroatoms. The zero-order valence-corrected chi connectivity index (χ0v) is 14.1. The van der Waals surface area contributed by atoms with E-state index in [1.54, 1.807) is 29.2 Å². The highest BCUT2D eigenvalue weighted by Gasteiger charge is 2.38. The molecule has 1 fully saturated rings. The van der Waals surface area contributed by atoms with Gasteiger partial charge in [0.15, 0.2) is 0 Å². The number of halogens is 3. The summed E-state index contributed by atoms with van der Waals surface area (Å²) >= 11 is 0. The normalized spacial score (nSPS) is 18.1. The molecular formula is C18H18F3N3O2. The van der Waals surface area contributed by atoms with E-state index in [2.05, 4.69) is 5.32 Å². The second-order valence-corrected chi connectivity index (χ2v) is 6.24. The van der Waals surface area contributed by atoms with E-state index in [4.69, 9.17) is 0 Å². The SMILES string of the molecule is Cn1cc(C(=O)NC2CCCN(c3ccccc3)C2=O)c(C(F)(F)F)c1. The van der Waals surface area contributed by atoms with Gasteiger partial charge in [0, 0.05) is 31.7 Å². The van der Waals surface area contributed by atoms with E-state index in [9.17, 15) is 22.8 Å². The number of aryl methyl sites for hydroxylation is 1. The quantitative estimate of drug-likeness (QED) is 0.909. The summed E-state index contributed by atoms with van der Waals surface area (Å²) in [6.45, 7) is 0.508. The summed E-state index contributed by atoms with van der Waals surface area (Å²) < 4.78 is 40.5. The maximum atomic E-state index is 13.1. The third-order valence-electron chi connectivity index (χ3n) is 4.32. The number of rotatable bonds is 3. The van der Waals surface area contributed by atoms with Gasteiger partial charge in [-0.25, -0.2) is 0 Å². The van der Waals surface area contributed by atoms with Gasteiger partial charge in [-0.15, -0.1) is 0 Å². The molecular weight excluding hydrogens is 347 g/mol. The highest BCUT2D eigenvalue weighted by atomic mass is 19.4. The second kappa shape index (κ2) is 6.86. The van der Waals surface area contributed by atoms with Gasteiger partial charge in [0.05, 0.1) is 11.1 Å². The molecule has 1 aromatic heterocycles. The van der Waals surface area contributed by atoms with Crippen LogP contribution in [0.3, 0.4) is 0 Å². The Morgan fingerprint density at radius 2 is 1.88 bits per heavy atom. The molecule has 0 bridgehead atoms. The summed E-state index contributed by atoms with van der Waals surface area (Å²) in [6, 6.07) is 8.13. The summed E-state index contributed by atoms with van der Waals surface area (Å²) in [6.07, 6.45) is -1.64. The molecule has 2 amide bonds. The first kappa shape index (κ1) is 18.0. The van der Waals surface area contributed by atoms with Crippen LogP contribution < -0.4 is 10.2 Å². The Balaban J connectivity index is 1.79. The van der Waals surface area contributed by atoms with Gasteiger partial charge in [-0.05, 0) is 25.0 Å². The van der Waals surface area contributed by atoms with E-state index < -0.39 is 29.3 Å². The summed E-state index contributed by atoms with van der Waals surface area (Å²) in [7, 11) is 1.41. The van der Waals surface area contributed by atoms with Crippen LogP contribution >= 0.6 is 0 Å². The van der Waals surface area contributed by atoms with Crippen molar-refractivity contribution in [2.24, 2.45) is 7.05 Å². The molecule has 1 aliphatic rings. The fraction of sp³-hybridized carbons (Fsp3) is 0.333. The molecule has 1 N–H and O–H groups in total. The predicted molar refractivity (Wildman–Crippen MR) is 89.7 cm³/mol. The minimum Gasteiger partial charge on any atom is -0.356 e. The van der Waals surface area contributed by atoms with Crippen LogP contribution in [-0.2, 0) is 18.0 Å². The number of benzene rings is 1. The maximum absolute atomic E-state index is 13.1. The number of aromatic nitrogens is 1. The molecule has 3 rings (SSSR count). The largest absolute Gasteiger partial charge is 0.418 e. The molecule has 1 aliphatic heterocycles. The van der Waals surface area contributed by atoms with Crippen LogP contribution in [0.4, 0.5) is 18.9 Å². The molecule has 1 unspecified atom stereocenters. The topological polar surface area (TPSA) is 54.3 Å². The second-order valence-electron chi connectivity index (χ2n) is 6.24. The number of carbonyl (C=O) groups excluding carboxylic acids is 2. The van der Waals surface area contributed by atoms with Crippen molar-refractivity contribution in [3.63, 3.8) is 0 Å². The molecule has 26 heavy (non-hydrogen) atoms. The maximum Gasteiger partial charge on any atom is 0.418 e. The Kier molecular flexibility index (Phi) is 4.76. The van der Waals surface area contributed by atoms with Gasteiger partial charge >= 0.3 is 6.18 Å². The zero-order chi connectivity index (χ0) is 18.9. The first-order valence-corrected chi connectivity index (χ1v) is 8.18. The number of hydrogen-bond acceptors (Lipinski definition) is 2. The molecule has 1 saturated heterocycles. The number of nitrogens with one attached hydrogen (secondary N) is 1. The number of piperidine rings is 1. The van der Waals surface area contributed by atoms with Crippen molar-refractivity contribution in [1.82, 2.24) is 9.88 Å². The number of carbonyl (C=O) groups is 2. The number of hydrogen-bond donors (Lipinski definition) is 1. The Hall–Kier alpha value is -2.77. The first-order valence-electron chi connectivity index (χ1n) is 8.18. The molecule has 0 radical (unpaired) electrons. The fourth-order valence-corrected chi connectivity index (χ4v) is 3.10. The monoisotopic (exact) mass is 365 g/mol. The van der Waals surface area contributed by atoms with E-state index >= 15 is 0 Å². The third-order valence-corrected chi connectivity index (χ3v) is 4.32. The van der Waals surface area contributed by atoms with E-state index in [0.717, 1.165) is 12.4 Å². The first-order chi connectivity index (χ1) is 12.3. The smallest absolute Gasteiger partial charge is 0.356 e. The molecule has 0 aliphatic carbocycles. The Labute approximate surface area is 148 Å². The van der Waals surface area contributed by atoms with Crippen molar-refractivity contribution in [2.75, 3.05) is 11.4 Å². The number of anilines is 1. The van der Waals surface area contributed by atoms with Crippen LogP contribution in [0.25, 0.3) is 0 Å². The highest BCUT2D eigenvalue weighted by Crippen LogP contribution is 2.32. The Morgan fingerprint density at radius 1 is 1.19 bits per heavy atom. The van der Waals surface area contributed by atoms with Crippen LogP contribution in [0.5, 0.6) is 0 Å². The van der Waals surface area contributed by atoms with E-state index in [1.165, 1.54) is 11.6 Å². The molecule has 5 nitrogen and oxygen atoms in total. The van der Waals surface area contributed by atoms with Crippen LogP contribution in [0, 0.1) is 0 Å². The molecule has 0 saturated carbocycles. The lowest BCUT2D eigenvalue weighted by Gasteiger charge is -2.32. The van der Waals surface area contributed by atoms with Gasteiger partial charge in [-0.3, -0.25) is 9.59 Å². The van der Waals surface area contributed by atoms with Gasteiger partial charge < -0.3 is 14.8 Å². The van der Waals surface area contributed by atoms with Gasteiger partial charge in [-0.1, -0.05) is 18.2 Å². The molecule has 2 heterocycles. The van der Waals surface area contributed by atoms with Crippen LogP contribution in [0.15, 0.2) is 42.7 Å². The summed E-state index contributed by atoms with van der Waals surface area (Å²) in [5.74, 6) is -1.22. The molecule has 138 valence electrons. The molecule has 2 aromatic rings.